The SMILES string of the molecule is CC[C@H](C)[C@@H](C(=O)O)n1ccc(C)n1. The fourth-order valence-corrected chi connectivity index (χ4v) is 1.43. The molecule has 0 aliphatic heterocycles. The highest BCUT2D eigenvalue weighted by Gasteiger charge is 2.25. The van der Waals surface area contributed by atoms with Gasteiger partial charge in [-0.05, 0) is 18.9 Å². The largest absolute Gasteiger partial charge is 0.480 e. The van der Waals surface area contributed by atoms with Crippen LogP contribution < -0.4 is 0 Å². The van der Waals surface area contributed by atoms with Crippen molar-refractivity contribution in [3.8, 4) is 0 Å². The van der Waals surface area contributed by atoms with Crippen molar-refractivity contribution in [1.29, 1.82) is 0 Å². The third kappa shape index (κ3) is 2.13. The van der Waals surface area contributed by atoms with Crippen molar-refractivity contribution in [1.82, 2.24) is 9.78 Å². The molecule has 1 N–H and O–H groups in total. The monoisotopic (exact) mass is 196 g/mol. The van der Waals surface area contributed by atoms with Gasteiger partial charge >= 0.3 is 5.97 Å². The van der Waals surface area contributed by atoms with Crippen LogP contribution >= 0.6 is 0 Å². The van der Waals surface area contributed by atoms with Gasteiger partial charge in [-0.2, -0.15) is 5.10 Å². The first-order valence-corrected chi connectivity index (χ1v) is 4.80. The van der Waals surface area contributed by atoms with Crippen molar-refractivity contribution >= 4 is 5.97 Å². The Hall–Kier alpha value is -1.32. The Morgan fingerprint density at radius 2 is 2.36 bits per heavy atom. The molecule has 0 aliphatic rings. The van der Waals surface area contributed by atoms with Crippen molar-refractivity contribution in [2.45, 2.75) is 33.2 Å². The number of carbonyl (C=O) groups is 1. The summed E-state index contributed by atoms with van der Waals surface area (Å²) in [6, 6.07) is 1.27. The van der Waals surface area contributed by atoms with Gasteiger partial charge in [-0.25, -0.2) is 4.79 Å². The summed E-state index contributed by atoms with van der Waals surface area (Å²) >= 11 is 0. The maximum Gasteiger partial charge on any atom is 0.328 e. The van der Waals surface area contributed by atoms with Crippen LogP contribution in [0, 0.1) is 12.8 Å². The van der Waals surface area contributed by atoms with Gasteiger partial charge in [0.2, 0.25) is 0 Å². The minimum Gasteiger partial charge on any atom is -0.480 e. The summed E-state index contributed by atoms with van der Waals surface area (Å²) in [7, 11) is 0. The molecule has 0 radical (unpaired) electrons. The average molecular weight is 196 g/mol. The summed E-state index contributed by atoms with van der Waals surface area (Å²) in [6.45, 7) is 5.76. The second-order valence-corrected chi connectivity index (χ2v) is 3.61. The molecule has 0 saturated heterocycles. The number of hydrogen-bond donors (Lipinski definition) is 1. The molecule has 1 aromatic heterocycles. The first-order valence-electron chi connectivity index (χ1n) is 4.80. The van der Waals surface area contributed by atoms with Crippen molar-refractivity contribution in [2.75, 3.05) is 0 Å². The predicted octanol–water partition coefficient (Wildman–Crippen LogP) is 1.86. The summed E-state index contributed by atoms with van der Waals surface area (Å²) in [6.07, 6.45) is 2.55. The van der Waals surface area contributed by atoms with Crippen LogP contribution in [0.2, 0.25) is 0 Å². The number of nitrogens with zero attached hydrogens (tertiary/aromatic N) is 2. The van der Waals surface area contributed by atoms with E-state index in [1.54, 1.807) is 6.20 Å². The molecule has 0 amide bonds. The molecule has 1 heterocycles. The van der Waals surface area contributed by atoms with Gasteiger partial charge in [-0.15, -0.1) is 0 Å². The van der Waals surface area contributed by atoms with Crippen LogP contribution in [0.3, 0.4) is 0 Å². The Labute approximate surface area is 83.5 Å². The van der Waals surface area contributed by atoms with E-state index >= 15 is 0 Å². The van der Waals surface area contributed by atoms with Crippen LogP contribution in [-0.4, -0.2) is 20.9 Å². The second-order valence-electron chi connectivity index (χ2n) is 3.61. The van der Waals surface area contributed by atoms with E-state index < -0.39 is 12.0 Å². The molecule has 14 heavy (non-hydrogen) atoms. The number of carboxylic acid groups (broad SMARTS) is 1. The number of aliphatic carboxylic acids is 1. The maximum atomic E-state index is 11.0. The summed E-state index contributed by atoms with van der Waals surface area (Å²) < 4.78 is 1.53. The van der Waals surface area contributed by atoms with Gasteiger partial charge < -0.3 is 5.11 Å². The smallest absolute Gasteiger partial charge is 0.328 e. The van der Waals surface area contributed by atoms with Crippen molar-refractivity contribution < 1.29 is 9.90 Å². The highest BCUT2D eigenvalue weighted by atomic mass is 16.4. The zero-order valence-corrected chi connectivity index (χ0v) is 8.77. The fourth-order valence-electron chi connectivity index (χ4n) is 1.43. The lowest BCUT2D eigenvalue weighted by atomic mass is 10.00. The molecule has 0 aliphatic carbocycles. The van der Waals surface area contributed by atoms with Crippen molar-refractivity contribution in [2.24, 2.45) is 5.92 Å². The highest BCUT2D eigenvalue weighted by Crippen LogP contribution is 2.20. The van der Waals surface area contributed by atoms with Gasteiger partial charge in [-0.1, -0.05) is 20.3 Å². The molecule has 0 unspecified atom stereocenters. The Balaban J connectivity index is 2.94. The number of aryl methyl sites for hydroxylation is 1. The average Bonchev–Trinajstić information content (AvgIpc) is 2.51. The van der Waals surface area contributed by atoms with E-state index in [0.29, 0.717) is 0 Å². The van der Waals surface area contributed by atoms with Crippen LogP contribution in [-0.2, 0) is 4.79 Å². The first-order chi connectivity index (χ1) is 6.56. The lowest BCUT2D eigenvalue weighted by molar-refractivity contribution is -0.142. The maximum absolute atomic E-state index is 11.0. The van der Waals surface area contributed by atoms with E-state index in [4.69, 9.17) is 5.11 Å². The standard InChI is InChI=1S/C10H16N2O2/c1-4-7(2)9(10(13)14)12-6-5-8(3)11-12/h5-7,9H,4H2,1-3H3,(H,13,14)/t7-,9-/m0/s1. The molecule has 1 aromatic rings. The molecular formula is C10H16N2O2. The Bertz CT molecular complexity index is 320. The van der Waals surface area contributed by atoms with Crippen LogP contribution in [0.4, 0.5) is 0 Å². The summed E-state index contributed by atoms with van der Waals surface area (Å²) in [5, 5.41) is 13.2. The third-order valence-electron chi connectivity index (χ3n) is 2.46. The number of carboxylic acids is 1. The molecule has 78 valence electrons. The lowest BCUT2D eigenvalue weighted by Gasteiger charge is -2.18. The first kappa shape index (κ1) is 10.8. The van der Waals surface area contributed by atoms with Crippen LogP contribution in [0.1, 0.15) is 32.0 Å². The molecule has 0 bridgehead atoms. The number of aromatic nitrogens is 2. The summed E-state index contributed by atoms with van der Waals surface area (Å²) in [5.41, 5.74) is 0.847. The molecule has 4 nitrogen and oxygen atoms in total. The van der Waals surface area contributed by atoms with Crippen LogP contribution in [0.15, 0.2) is 12.3 Å². The molecule has 0 fully saturated rings. The number of rotatable bonds is 4. The van der Waals surface area contributed by atoms with Gasteiger partial charge in [0, 0.05) is 6.20 Å². The minimum atomic E-state index is -0.817. The molecule has 0 spiro atoms. The van der Waals surface area contributed by atoms with E-state index in [1.807, 2.05) is 26.8 Å². The van der Waals surface area contributed by atoms with Crippen molar-refractivity contribution in [3.63, 3.8) is 0 Å². The van der Waals surface area contributed by atoms with E-state index in [-0.39, 0.29) is 5.92 Å². The zero-order chi connectivity index (χ0) is 10.7. The Kier molecular flexibility index (Phi) is 3.28. The van der Waals surface area contributed by atoms with Gasteiger partial charge in [0.1, 0.15) is 0 Å². The van der Waals surface area contributed by atoms with E-state index in [1.165, 1.54) is 4.68 Å². The fraction of sp³-hybridized carbons (Fsp3) is 0.600. The quantitative estimate of drug-likeness (QED) is 0.799. The summed E-state index contributed by atoms with van der Waals surface area (Å²) in [5.74, 6) is -0.728. The van der Waals surface area contributed by atoms with Crippen LogP contribution in [0.5, 0.6) is 0 Å². The Morgan fingerprint density at radius 3 is 2.71 bits per heavy atom. The molecule has 2 atom stereocenters. The predicted molar refractivity (Wildman–Crippen MR) is 53.1 cm³/mol. The van der Waals surface area contributed by atoms with Gasteiger partial charge in [0.15, 0.2) is 6.04 Å². The normalized spacial score (nSPS) is 15.1. The highest BCUT2D eigenvalue weighted by molar-refractivity contribution is 5.72. The molecular weight excluding hydrogens is 180 g/mol. The molecule has 1 rings (SSSR count). The molecule has 0 aromatic carbocycles. The lowest BCUT2D eigenvalue weighted by Crippen LogP contribution is -2.25. The van der Waals surface area contributed by atoms with E-state index in [0.717, 1.165) is 12.1 Å². The van der Waals surface area contributed by atoms with E-state index in [2.05, 4.69) is 5.10 Å². The van der Waals surface area contributed by atoms with Gasteiger partial charge in [0.25, 0.3) is 0 Å². The third-order valence-corrected chi connectivity index (χ3v) is 2.46. The van der Waals surface area contributed by atoms with Gasteiger partial charge in [-0.3, -0.25) is 4.68 Å². The molecule has 4 heteroatoms. The van der Waals surface area contributed by atoms with E-state index in [9.17, 15) is 4.79 Å². The molecule has 0 saturated carbocycles. The van der Waals surface area contributed by atoms with Crippen LogP contribution in [0.25, 0.3) is 0 Å². The second kappa shape index (κ2) is 4.26. The zero-order valence-electron chi connectivity index (χ0n) is 8.77. The minimum absolute atomic E-state index is 0.0896. The van der Waals surface area contributed by atoms with Crippen molar-refractivity contribution in [3.05, 3.63) is 18.0 Å². The summed E-state index contributed by atoms with van der Waals surface area (Å²) in [4.78, 5) is 11.0. The number of hydrogen-bond acceptors (Lipinski definition) is 2. The van der Waals surface area contributed by atoms with Gasteiger partial charge in [0.05, 0.1) is 5.69 Å². The topological polar surface area (TPSA) is 55.1 Å². The Morgan fingerprint density at radius 1 is 1.71 bits per heavy atom.